The minimum Gasteiger partial charge on any atom is -0.449 e. The van der Waals surface area contributed by atoms with Gasteiger partial charge in [-0.05, 0) is 30.7 Å². The minimum absolute atomic E-state index is 0.352. The number of amides is 1. The van der Waals surface area contributed by atoms with E-state index in [0.717, 1.165) is 0 Å². The number of rotatable bonds is 5. The molecule has 1 aromatic heterocycles. The number of nitrogens with two attached hydrogens (primary N) is 1. The maximum absolute atomic E-state index is 12.0. The van der Waals surface area contributed by atoms with Crippen LogP contribution < -0.4 is 11.1 Å². The Labute approximate surface area is 125 Å². The molecule has 0 saturated heterocycles. The number of hydrogen-bond donors (Lipinski definition) is 2. The number of nitrogen functional groups attached to an aromatic ring is 1. The van der Waals surface area contributed by atoms with Gasteiger partial charge in [0, 0.05) is 17.3 Å². The molecule has 1 atom stereocenters. The van der Waals surface area contributed by atoms with Crippen LogP contribution in [0.2, 0.25) is 0 Å². The van der Waals surface area contributed by atoms with Crippen LogP contribution in [0.3, 0.4) is 0 Å². The molecule has 1 aromatic carbocycles. The van der Waals surface area contributed by atoms with Gasteiger partial charge < -0.3 is 10.5 Å². The number of aromatic nitrogens is 1. The second-order valence-corrected chi connectivity index (χ2v) is 5.15. The fourth-order valence-corrected chi connectivity index (χ4v) is 2.14. The molecule has 0 fully saturated rings. The summed E-state index contributed by atoms with van der Waals surface area (Å²) in [5.41, 5.74) is 6.46. The monoisotopic (exact) mass is 305 g/mol. The molecule has 0 aliphatic rings. The number of esters is 1. The largest absolute Gasteiger partial charge is 0.449 e. The molecule has 0 saturated carbocycles. The van der Waals surface area contributed by atoms with Gasteiger partial charge in [-0.15, -0.1) is 11.3 Å². The smallest absolute Gasteiger partial charge is 0.338 e. The molecular formula is C14H15N3O3S. The van der Waals surface area contributed by atoms with Crippen molar-refractivity contribution in [2.75, 3.05) is 11.1 Å². The lowest BCUT2D eigenvalue weighted by Crippen LogP contribution is -2.32. The van der Waals surface area contributed by atoms with E-state index in [0.29, 0.717) is 22.8 Å². The van der Waals surface area contributed by atoms with Crippen molar-refractivity contribution in [2.24, 2.45) is 0 Å². The molecule has 1 heterocycles. The average molecular weight is 305 g/mol. The Balaban J connectivity index is 1.99. The molecule has 1 amide bonds. The first-order chi connectivity index (χ1) is 10.1. The lowest BCUT2D eigenvalue weighted by molar-refractivity contribution is -0.124. The quantitative estimate of drug-likeness (QED) is 0.653. The van der Waals surface area contributed by atoms with Gasteiger partial charge >= 0.3 is 5.97 Å². The summed E-state index contributed by atoms with van der Waals surface area (Å²) in [5, 5.41) is 4.83. The molecule has 0 aliphatic heterocycles. The summed E-state index contributed by atoms with van der Waals surface area (Å²) in [4.78, 5) is 27.9. The van der Waals surface area contributed by atoms with E-state index in [1.54, 1.807) is 42.8 Å². The Morgan fingerprint density at radius 2 is 2.10 bits per heavy atom. The van der Waals surface area contributed by atoms with Gasteiger partial charge in [0.25, 0.3) is 5.91 Å². The topological polar surface area (TPSA) is 94.3 Å². The van der Waals surface area contributed by atoms with Gasteiger partial charge in [-0.1, -0.05) is 6.92 Å². The highest BCUT2D eigenvalue weighted by Gasteiger charge is 2.22. The van der Waals surface area contributed by atoms with E-state index >= 15 is 0 Å². The summed E-state index contributed by atoms with van der Waals surface area (Å²) in [5.74, 6) is -0.951. The van der Waals surface area contributed by atoms with E-state index in [2.05, 4.69) is 10.3 Å². The van der Waals surface area contributed by atoms with Crippen LogP contribution in [0.5, 0.6) is 0 Å². The van der Waals surface area contributed by atoms with E-state index in [-0.39, 0.29) is 0 Å². The third-order valence-corrected chi connectivity index (χ3v) is 3.41. The second-order valence-electron chi connectivity index (χ2n) is 4.25. The Kier molecular flexibility index (Phi) is 4.89. The highest BCUT2D eigenvalue weighted by Crippen LogP contribution is 2.14. The van der Waals surface area contributed by atoms with E-state index in [4.69, 9.17) is 10.5 Å². The Morgan fingerprint density at radius 1 is 1.38 bits per heavy atom. The van der Waals surface area contributed by atoms with Crippen molar-refractivity contribution < 1.29 is 14.3 Å². The second kappa shape index (κ2) is 6.85. The van der Waals surface area contributed by atoms with E-state index in [9.17, 15) is 9.59 Å². The van der Waals surface area contributed by atoms with Gasteiger partial charge in [-0.25, -0.2) is 9.78 Å². The van der Waals surface area contributed by atoms with Gasteiger partial charge in [-0.2, -0.15) is 0 Å². The molecule has 0 bridgehead atoms. The number of carbonyl (C=O) groups is 2. The first-order valence-corrected chi connectivity index (χ1v) is 7.25. The van der Waals surface area contributed by atoms with Crippen molar-refractivity contribution in [3.05, 3.63) is 41.4 Å². The van der Waals surface area contributed by atoms with Gasteiger partial charge in [0.15, 0.2) is 11.2 Å². The molecule has 3 N–H and O–H groups in total. The van der Waals surface area contributed by atoms with Crippen LogP contribution in [-0.4, -0.2) is 23.0 Å². The lowest BCUT2D eigenvalue weighted by Gasteiger charge is -2.15. The van der Waals surface area contributed by atoms with Crippen molar-refractivity contribution in [1.29, 1.82) is 0 Å². The van der Waals surface area contributed by atoms with Crippen LogP contribution in [-0.2, 0) is 9.53 Å². The number of benzene rings is 1. The first-order valence-electron chi connectivity index (χ1n) is 6.37. The predicted octanol–water partition coefficient (Wildman–Crippen LogP) is 2.30. The Morgan fingerprint density at radius 3 is 2.67 bits per heavy atom. The van der Waals surface area contributed by atoms with E-state index in [1.807, 2.05) is 0 Å². The number of thiazole rings is 1. The summed E-state index contributed by atoms with van der Waals surface area (Å²) in [6, 6.07) is 6.33. The van der Waals surface area contributed by atoms with Crippen molar-refractivity contribution in [2.45, 2.75) is 19.4 Å². The first kappa shape index (κ1) is 15.0. The molecule has 2 rings (SSSR count). The molecule has 0 radical (unpaired) electrons. The zero-order chi connectivity index (χ0) is 15.2. The molecule has 21 heavy (non-hydrogen) atoms. The highest BCUT2D eigenvalue weighted by molar-refractivity contribution is 7.13. The Hall–Kier alpha value is -2.41. The van der Waals surface area contributed by atoms with Gasteiger partial charge in [-0.3, -0.25) is 10.1 Å². The molecule has 7 heteroatoms. The molecule has 0 spiro atoms. The fourth-order valence-electron chi connectivity index (χ4n) is 1.61. The maximum Gasteiger partial charge on any atom is 0.338 e. The van der Waals surface area contributed by atoms with Crippen LogP contribution in [0.1, 0.15) is 23.7 Å². The standard InChI is InChI=1S/C14H15N3O3S/c1-2-11(12(18)17-14-16-7-8-21-14)20-13(19)9-3-5-10(15)6-4-9/h3-8,11H,2,15H2,1H3,(H,16,17,18). The van der Waals surface area contributed by atoms with Crippen LogP contribution in [0.4, 0.5) is 10.8 Å². The Bertz CT molecular complexity index is 611. The summed E-state index contributed by atoms with van der Waals surface area (Å²) >= 11 is 1.30. The molecule has 0 aliphatic carbocycles. The summed E-state index contributed by atoms with van der Waals surface area (Å²) in [6.07, 6.45) is 1.10. The normalized spacial score (nSPS) is 11.7. The zero-order valence-electron chi connectivity index (χ0n) is 11.4. The van der Waals surface area contributed by atoms with Gasteiger partial charge in [0.2, 0.25) is 0 Å². The zero-order valence-corrected chi connectivity index (χ0v) is 12.2. The van der Waals surface area contributed by atoms with Crippen LogP contribution in [0.25, 0.3) is 0 Å². The number of hydrogen-bond acceptors (Lipinski definition) is 6. The minimum atomic E-state index is -0.862. The van der Waals surface area contributed by atoms with E-state index in [1.165, 1.54) is 11.3 Å². The number of ether oxygens (including phenoxy) is 1. The third kappa shape index (κ3) is 4.03. The molecule has 1 unspecified atom stereocenters. The summed E-state index contributed by atoms with van der Waals surface area (Å²) < 4.78 is 5.22. The number of carbonyl (C=O) groups excluding carboxylic acids is 2. The third-order valence-electron chi connectivity index (χ3n) is 2.72. The SMILES string of the molecule is CCC(OC(=O)c1ccc(N)cc1)C(=O)Nc1nccs1. The molecule has 110 valence electrons. The van der Waals surface area contributed by atoms with Gasteiger partial charge in [0.1, 0.15) is 0 Å². The molecule has 2 aromatic rings. The fraction of sp³-hybridized carbons (Fsp3) is 0.214. The van der Waals surface area contributed by atoms with Crippen molar-refractivity contribution in [3.63, 3.8) is 0 Å². The van der Waals surface area contributed by atoms with Crippen LogP contribution >= 0.6 is 11.3 Å². The summed E-state index contributed by atoms with van der Waals surface area (Å²) in [6.45, 7) is 1.77. The number of nitrogens with one attached hydrogen (secondary N) is 1. The summed E-state index contributed by atoms with van der Waals surface area (Å²) in [7, 11) is 0. The molecule has 6 nitrogen and oxygen atoms in total. The van der Waals surface area contributed by atoms with Gasteiger partial charge in [0.05, 0.1) is 5.56 Å². The van der Waals surface area contributed by atoms with Crippen LogP contribution in [0, 0.1) is 0 Å². The predicted molar refractivity (Wildman–Crippen MR) is 81.1 cm³/mol. The average Bonchev–Trinajstić information content (AvgIpc) is 2.98. The van der Waals surface area contributed by atoms with Crippen molar-refractivity contribution >= 4 is 34.0 Å². The number of nitrogens with zero attached hydrogens (tertiary/aromatic N) is 1. The van der Waals surface area contributed by atoms with E-state index < -0.39 is 18.0 Å². The van der Waals surface area contributed by atoms with Crippen molar-refractivity contribution in [3.8, 4) is 0 Å². The maximum atomic E-state index is 12.0. The van der Waals surface area contributed by atoms with Crippen molar-refractivity contribution in [1.82, 2.24) is 4.98 Å². The lowest BCUT2D eigenvalue weighted by atomic mass is 10.2. The molecular weight excluding hydrogens is 290 g/mol. The highest BCUT2D eigenvalue weighted by atomic mass is 32.1. The number of anilines is 2. The van der Waals surface area contributed by atoms with Crippen LogP contribution in [0.15, 0.2) is 35.8 Å².